The molecular weight excluding hydrogens is 218 g/mol. The molecular formula is C13H17NO3. The summed E-state index contributed by atoms with van der Waals surface area (Å²) in [6.07, 6.45) is 0.406. The second-order valence-corrected chi connectivity index (χ2v) is 3.60. The molecule has 1 amide bonds. The molecule has 1 aromatic carbocycles. The lowest BCUT2D eigenvalue weighted by Gasteiger charge is -2.11. The van der Waals surface area contributed by atoms with Crippen molar-refractivity contribution in [2.24, 2.45) is 0 Å². The average Bonchev–Trinajstić information content (AvgIpc) is 2.32. The SMILES string of the molecule is CCOC(=O)c1cccc(NC(=O)CC)c1C. The summed E-state index contributed by atoms with van der Waals surface area (Å²) in [4.78, 5) is 23.0. The lowest BCUT2D eigenvalue weighted by atomic mass is 10.1. The van der Waals surface area contributed by atoms with Crippen molar-refractivity contribution in [3.63, 3.8) is 0 Å². The van der Waals surface area contributed by atoms with Crippen LogP contribution in [0.1, 0.15) is 36.2 Å². The highest BCUT2D eigenvalue weighted by Gasteiger charge is 2.13. The van der Waals surface area contributed by atoms with Crippen LogP contribution in [0.2, 0.25) is 0 Å². The molecule has 0 aliphatic carbocycles. The Hall–Kier alpha value is -1.84. The van der Waals surface area contributed by atoms with Gasteiger partial charge in [-0.25, -0.2) is 4.79 Å². The molecule has 0 aliphatic heterocycles. The number of benzene rings is 1. The Bertz CT molecular complexity index is 427. The third-order valence-corrected chi connectivity index (χ3v) is 2.42. The Morgan fingerprint density at radius 2 is 2.00 bits per heavy atom. The van der Waals surface area contributed by atoms with Crippen LogP contribution < -0.4 is 5.32 Å². The molecule has 1 rings (SSSR count). The summed E-state index contributed by atoms with van der Waals surface area (Å²) in [5.41, 5.74) is 1.87. The van der Waals surface area contributed by atoms with Crippen LogP contribution in [0.3, 0.4) is 0 Å². The molecule has 0 heterocycles. The van der Waals surface area contributed by atoms with Gasteiger partial charge in [0.05, 0.1) is 12.2 Å². The molecule has 0 saturated carbocycles. The van der Waals surface area contributed by atoms with E-state index in [0.717, 1.165) is 5.56 Å². The van der Waals surface area contributed by atoms with Crippen LogP contribution in [0, 0.1) is 6.92 Å². The first-order valence-corrected chi connectivity index (χ1v) is 5.66. The molecule has 0 aliphatic rings. The Morgan fingerprint density at radius 1 is 1.29 bits per heavy atom. The van der Waals surface area contributed by atoms with Gasteiger partial charge in [0.2, 0.25) is 5.91 Å². The number of rotatable bonds is 4. The van der Waals surface area contributed by atoms with Crippen molar-refractivity contribution in [3.8, 4) is 0 Å². The zero-order valence-corrected chi connectivity index (χ0v) is 10.4. The number of anilines is 1. The molecule has 0 atom stereocenters. The lowest BCUT2D eigenvalue weighted by molar-refractivity contribution is -0.115. The van der Waals surface area contributed by atoms with Gasteiger partial charge in [-0.05, 0) is 31.5 Å². The van der Waals surface area contributed by atoms with Gasteiger partial charge in [0.1, 0.15) is 0 Å². The predicted molar refractivity (Wildman–Crippen MR) is 66.1 cm³/mol. The number of nitrogens with one attached hydrogen (secondary N) is 1. The summed E-state index contributed by atoms with van der Waals surface area (Å²) >= 11 is 0. The van der Waals surface area contributed by atoms with E-state index in [1.54, 1.807) is 39.0 Å². The number of ether oxygens (including phenoxy) is 1. The van der Waals surface area contributed by atoms with E-state index in [1.807, 2.05) is 0 Å². The fraction of sp³-hybridized carbons (Fsp3) is 0.385. The number of hydrogen-bond acceptors (Lipinski definition) is 3. The Morgan fingerprint density at radius 3 is 2.59 bits per heavy atom. The highest BCUT2D eigenvalue weighted by atomic mass is 16.5. The molecule has 0 saturated heterocycles. The van der Waals surface area contributed by atoms with Crippen molar-refractivity contribution in [2.75, 3.05) is 11.9 Å². The minimum absolute atomic E-state index is 0.0749. The first-order valence-electron chi connectivity index (χ1n) is 5.66. The smallest absolute Gasteiger partial charge is 0.338 e. The van der Waals surface area contributed by atoms with Crippen molar-refractivity contribution < 1.29 is 14.3 Å². The summed E-state index contributed by atoms with van der Waals surface area (Å²) in [5, 5.41) is 2.75. The Kier molecular flexibility index (Phi) is 4.69. The van der Waals surface area contributed by atoms with E-state index in [1.165, 1.54) is 0 Å². The van der Waals surface area contributed by atoms with Crippen LogP contribution in [0.4, 0.5) is 5.69 Å². The lowest BCUT2D eigenvalue weighted by Crippen LogP contribution is -2.13. The zero-order valence-electron chi connectivity index (χ0n) is 10.4. The summed E-state index contributed by atoms with van der Waals surface area (Å²) in [5.74, 6) is -0.438. The number of carbonyl (C=O) groups excluding carboxylic acids is 2. The first kappa shape index (κ1) is 13.2. The molecule has 4 heteroatoms. The van der Waals surface area contributed by atoms with Crippen molar-refractivity contribution in [3.05, 3.63) is 29.3 Å². The van der Waals surface area contributed by atoms with Crippen molar-refractivity contribution in [2.45, 2.75) is 27.2 Å². The predicted octanol–water partition coefficient (Wildman–Crippen LogP) is 2.52. The monoisotopic (exact) mass is 235 g/mol. The maximum absolute atomic E-state index is 11.6. The molecule has 0 unspecified atom stereocenters. The maximum atomic E-state index is 11.6. The van der Waals surface area contributed by atoms with Crippen LogP contribution in [0.25, 0.3) is 0 Å². The fourth-order valence-electron chi connectivity index (χ4n) is 1.44. The van der Waals surface area contributed by atoms with E-state index in [4.69, 9.17) is 4.74 Å². The standard InChI is InChI=1S/C13H17NO3/c1-4-12(15)14-11-8-6-7-10(9(11)3)13(16)17-5-2/h6-8H,4-5H2,1-3H3,(H,14,15). The zero-order chi connectivity index (χ0) is 12.8. The van der Waals surface area contributed by atoms with Crippen LogP contribution in [-0.4, -0.2) is 18.5 Å². The maximum Gasteiger partial charge on any atom is 0.338 e. The minimum Gasteiger partial charge on any atom is -0.462 e. The fourth-order valence-corrected chi connectivity index (χ4v) is 1.44. The van der Waals surface area contributed by atoms with E-state index in [0.29, 0.717) is 24.3 Å². The molecule has 0 fully saturated rings. The second-order valence-electron chi connectivity index (χ2n) is 3.60. The molecule has 1 aromatic rings. The molecule has 0 spiro atoms. The first-order chi connectivity index (χ1) is 8.10. The van der Waals surface area contributed by atoms with Crippen LogP contribution >= 0.6 is 0 Å². The highest BCUT2D eigenvalue weighted by Crippen LogP contribution is 2.19. The second kappa shape index (κ2) is 6.03. The van der Waals surface area contributed by atoms with Gasteiger partial charge >= 0.3 is 5.97 Å². The summed E-state index contributed by atoms with van der Waals surface area (Å²) in [6, 6.07) is 5.19. The van der Waals surface area contributed by atoms with Gasteiger partial charge in [-0.1, -0.05) is 13.0 Å². The van der Waals surface area contributed by atoms with Gasteiger partial charge in [0.25, 0.3) is 0 Å². The van der Waals surface area contributed by atoms with Crippen LogP contribution in [0.5, 0.6) is 0 Å². The summed E-state index contributed by atoms with van der Waals surface area (Å²) < 4.78 is 4.94. The largest absolute Gasteiger partial charge is 0.462 e. The number of hydrogen-bond donors (Lipinski definition) is 1. The van der Waals surface area contributed by atoms with Gasteiger partial charge < -0.3 is 10.1 Å². The van der Waals surface area contributed by atoms with E-state index in [9.17, 15) is 9.59 Å². The normalized spacial score (nSPS) is 9.82. The van der Waals surface area contributed by atoms with E-state index in [2.05, 4.69) is 5.32 Å². The van der Waals surface area contributed by atoms with E-state index >= 15 is 0 Å². The van der Waals surface area contributed by atoms with E-state index < -0.39 is 0 Å². The van der Waals surface area contributed by atoms with Gasteiger partial charge in [0, 0.05) is 12.1 Å². The molecule has 0 bridgehead atoms. The number of carbonyl (C=O) groups is 2. The molecule has 1 N–H and O–H groups in total. The van der Waals surface area contributed by atoms with Crippen LogP contribution in [-0.2, 0) is 9.53 Å². The summed E-state index contributed by atoms with van der Waals surface area (Å²) in [6.45, 7) is 5.66. The average molecular weight is 235 g/mol. The number of amides is 1. The Balaban J connectivity index is 2.98. The third-order valence-electron chi connectivity index (χ3n) is 2.42. The summed E-state index contributed by atoms with van der Waals surface area (Å²) in [7, 11) is 0. The minimum atomic E-state index is -0.363. The number of esters is 1. The van der Waals surface area contributed by atoms with Gasteiger partial charge in [-0.3, -0.25) is 4.79 Å². The van der Waals surface area contributed by atoms with E-state index in [-0.39, 0.29) is 11.9 Å². The van der Waals surface area contributed by atoms with Crippen molar-refractivity contribution >= 4 is 17.6 Å². The van der Waals surface area contributed by atoms with Gasteiger partial charge in [-0.15, -0.1) is 0 Å². The molecule has 92 valence electrons. The molecule has 4 nitrogen and oxygen atoms in total. The Labute approximate surface area is 101 Å². The molecule has 0 radical (unpaired) electrons. The van der Waals surface area contributed by atoms with Crippen molar-refractivity contribution in [1.82, 2.24) is 0 Å². The molecule has 0 aromatic heterocycles. The van der Waals surface area contributed by atoms with Gasteiger partial charge in [-0.2, -0.15) is 0 Å². The van der Waals surface area contributed by atoms with Crippen LogP contribution in [0.15, 0.2) is 18.2 Å². The quantitative estimate of drug-likeness (QED) is 0.816. The highest BCUT2D eigenvalue weighted by molar-refractivity contribution is 5.96. The topological polar surface area (TPSA) is 55.4 Å². The molecule has 17 heavy (non-hydrogen) atoms. The third kappa shape index (κ3) is 3.31. The van der Waals surface area contributed by atoms with Gasteiger partial charge in [0.15, 0.2) is 0 Å². The van der Waals surface area contributed by atoms with Crippen molar-refractivity contribution in [1.29, 1.82) is 0 Å².